The summed E-state index contributed by atoms with van der Waals surface area (Å²) in [7, 11) is 1.52. The molecule has 2 aromatic heterocycles. The number of benzene rings is 1. The van der Waals surface area contributed by atoms with Crippen LogP contribution in [-0.2, 0) is 6.42 Å². The van der Waals surface area contributed by atoms with Gasteiger partial charge in [-0.2, -0.15) is 9.61 Å². The third-order valence-electron chi connectivity index (χ3n) is 3.69. The van der Waals surface area contributed by atoms with Crippen molar-refractivity contribution in [2.75, 3.05) is 7.11 Å². The predicted octanol–water partition coefficient (Wildman–Crippen LogP) is 3.03. The summed E-state index contributed by atoms with van der Waals surface area (Å²) in [4.78, 5) is 22.7. The lowest BCUT2D eigenvalue weighted by atomic mass is 10.2. The van der Waals surface area contributed by atoms with Crippen LogP contribution in [0.15, 0.2) is 42.5 Å². The molecule has 128 valence electrons. The van der Waals surface area contributed by atoms with Gasteiger partial charge in [0.25, 0.3) is 5.69 Å². The highest BCUT2D eigenvalue weighted by Gasteiger charge is 2.17. The first kappa shape index (κ1) is 16.4. The van der Waals surface area contributed by atoms with Crippen molar-refractivity contribution < 1.29 is 19.2 Å². The normalized spacial score (nSPS) is 10.6. The Morgan fingerprint density at radius 3 is 2.56 bits per heavy atom. The van der Waals surface area contributed by atoms with Crippen LogP contribution >= 0.6 is 0 Å². The quantitative estimate of drug-likeness (QED) is 0.306. The van der Waals surface area contributed by atoms with Crippen LogP contribution < -0.4 is 9.47 Å². The molecule has 0 bridgehead atoms. The van der Waals surface area contributed by atoms with Crippen LogP contribution in [0.3, 0.4) is 0 Å². The van der Waals surface area contributed by atoms with Crippen molar-refractivity contribution >= 4 is 17.2 Å². The van der Waals surface area contributed by atoms with Gasteiger partial charge in [-0.1, -0.05) is 6.92 Å². The Morgan fingerprint density at radius 2 is 1.96 bits per heavy atom. The van der Waals surface area contributed by atoms with Crippen LogP contribution in [0, 0.1) is 10.1 Å². The van der Waals surface area contributed by atoms with E-state index < -0.39 is 10.9 Å². The van der Waals surface area contributed by atoms with Crippen LogP contribution in [0.1, 0.15) is 23.0 Å². The van der Waals surface area contributed by atoms with Crippen LogP contribution in [-0.4, -0.2) is 27.6 Å². The van der Waals surface area contributed by atoms with Crippen LogP contribution in [0.4, 0.5) is 5.69 Å². The predicted molar refractivity (Wildman–Crippen MR) is 89.2 cm³/mol. The molecule has 0 aliphatic rings. The molecule has 8 heteroatoms. The number of rotatable bonds is 5. The molecule has 0 fully saturated rings. The first-order chi connectivity index (χ1) is 12.0. The van der Waals surface area contributed by atoms with E-state index in [1.165, 1.54) is 31.4 Å². The second-order valence-electron chi connectivity index (χ2n) is 5.22. The van der Waals surface area contributed by atoms with Crippen LogP contribution in [0.25, 0.3) is 5.52 Å². The maximum Gasteiger partial charge on any atom is 0.345 e. The van der Waals surface area contributed by atoms with Crippen molar-refractivity contribution in [1.82, 2.24) is 9.61 Å². The number of carbonyl (C=O) groups excluding carboxylic acids is 1. The second kappa shape index (κ2) is 6.60. The van der Waals surface area contributed by atoms with E-state index in [0.29, 0.717) is 23.4 Å². The Balaban J connectivity index is 1.94. The van der Waals surface area contributed by atoms with E-state index in [0.717, 1.165) is 5.69 Å². The number of esters is 1. The third-order valence-corrected chi connectivity index (χ3v) is 3.69. The smallest absolute Gasteiger partial charge is 0.345 e. The minimum Gasteiger partial charge on any atom is -0.481 e. The summed E-state index contributed by atoms with van der Waals surface area (Å²) in [6.45, 7) is 1.96. The van der Waals surface area contributed by atoms with Gasteiger partial charge in [-0.05, 0) is 30.7 Å². The molecule has 0 atom stereocenters. The van der Waals surface area contributed by atoms with Crippen LogP contribution in [0.5, 0.6) is 11.6 Å². The molecule has 3 aromatic rings. The van der Waals surface area contributed by atoms with Gasteiger partial charge in [0, 0.05) is 18.2 Å². The third kappa shape index (κ3) is 3.14. The van der Waals surface area contributed by atoms with Gasteiger partial charge in [0.2, 0.25) is 5.88 Å². The summed E-state index contributed by atoms with van der Waals surface area (Å²) >= 11 is 0. The minimum absolute atomic E-state index is 0.0741. The molecule has 3 rings (SSSR count). The largest absolute Gasteiger partial charge is 0.481 e. The lowest BCUT2D eigenvalue weighted by Gasteiger charge is -2.08. The van der Waals surface area contributed by atoms with Gasteiger partial charge < -0.3 is 9.47 Å². The lowest BCUT2D eigenvalue weighted by Crippen LogP contribution is -2.11. The average molecular weight is 341 g/mol. The molecule has 2 heterocycles. The molecule has 0 unspecified atom stereocenters. The number of carbonyl (C=O) groups is 1. The van der Waals surface area contributed by atoms with E-state index in [9.17, 15) is 14.9 Å². The van der Waals surface area contributed by atoms with Gasteiger partial charge in [-0.3, -0.25) is 10.1 Å². The van der Waals surface area contributed by atoms with Gasteiger partial charge in [0.05, 0.1) is 28.8 Å². The summed E-state index contributed by atoms with van der Waals surface area (Å²) in [6, 6.07) is 10.3. The van der Waals surface area contributed by atoms with Crippen molar-refractivity contribution in [3.05, 3.63) is 63.8 Å². The molecule has 0 saturated carbocycles. The molecule has 25 heavy (non-hydrogen) atoms. The molecule has 8 nitrogen and oxygen atoms in total. The topological polar surface area (TPSA) is 96.0 Å². The number of aromatic nitrogens is 2. The lowest BCUT2D eigenvalue weighted by molar-refractivity contribution is -0.384. The first-order valence-electron chi connectivity index (χ1n) is 7.55. The van der Waals surface area contributed by atoms with Gasteiger partial charge in [0.1, 0.15) is 5.75 Å². The van der Waals surface area contributed by atoms with E-state index in [1.807, 2.05) is 6.92 Å². The van der Waals surface area contributed by atoms with E-state index in [2.05, 4.69) is 5.10 Å². The molecule has 0 amide bonds. The Hall–Kier alpha value is -3.42. The van der Waals surface area contributed by atoms with Crippen molar-refractivity contribution in [1.29, 1.82) is 0 Å². The number of nitro groups is 1. The Morgan fingerprint density at radius 1 is 1.24 bits per heavy atom. The molecule has 0 aliphatic heterocycles. The second-order valence-corrected chi connectivity index (χ2v) is 5.22. The summed E-state index contributed by atoms with van der Waals surface area (Å²) in [5.41, 5.74) is 1.64. The number of hydrogen-bond donors (Lipinski definition) is 0. The number of non-ortho nitro benzene ring substituents is 1. The molecule has 0 radical (unpaired) electrons. The first-order valence-corrected chi connectivity index (χ1v) is 7.55. The van der Waals surface area contributed by atoms with E-state index in [1.54, 1.807) is 22.7 Å². The van der Waals surface area contributed by atoms with Gasteiger partial charge in [-0.15, -0.1) is 0 Å². The zero-order chi connectivity index (χ0) is 18.0. The Kier molecular flexibility index (Phi) is 4.34. The Labute approximate surface area is 142 Å². The Bertz CT molecular complexity index is 947. The fraction of sp³-hybridized carbons (Fsp3) is 0.176. The summed E-state index contributed by atoms with van der Waals surface area (Å²) in [5, 5.41) is 15.1. The fourth-order valence-corrected chi connectivity index (χ4v) is 2.40. The summed E-state index contributed by atoms with van der Waals surface area (Å²) in [6.07, 6.45) is 0.710. The van der Waals surface area contributed by atoms with Crippen molar-refractivity contribution in [3.63, 3.8) is 0 Å². The highest BCUT2D eigenvalue weighted by molar-refractivity contribution is 5.98. The molecule has 0 N–H and O–H groups in total. The van der Waals surface area contributed by atoms with E-state index in [-0.39, 0.29) is 11.4 Å². The maximum absolute atomic E-state index is 12.5. The zero-order valence-electron chi connectivity index (χ0n) is 13.6. The molecule has 0 saturated heterocycles. The molecular weight excluding hydrogens is 326 g/mol. The number of nitrogens with zero attached hydrogens (tertiary/aromatic N) is 3. The molecular formula is C17H15N3O5. The number of methoxy groups -OCH3 is 1. The van der Waals surface area contributed by atoms with E-state index in [4.69, 9.17) is 9.47 Å². The van der Waals surface area contributed by atoms with Crippen molar-refractivity contribution in [2.24, 2.45) is 0 Å². The number of nitro benzene ring substituents is 1. The fourth-order valence-electron chi connectivity index (χ4n) is 2.40. The zero-order valence-corrected chi connectivity index (χ0v) is 13.6. The van der Waals surface area contributed by atoms with E-state index >= 15 is 0 Å². The minimum atomic E-state index is -0.580. The SMILES string of the molecule is CCc1cc2c(C(=O)Oc3ccc([N+](=O)[O-])cc3)ccc(OC)n2n1. The molecule has 0 aliphatic carbocycles. The highest BCUT2D eigenvalue weighted by atomic mass is 16.6. The number of fused-ring (bicyclic) bond motifs is 1. The average Bonchev–Trinajstić information content (AvgIpc) is 3.05. The number of pyridine rings is 1. The standard InChI is InChI=1S/C17H15N3O5/c1-3-11-10-15-14(8-9-16(24-2)19(15)18-11)17(21)25-13-6-4-12(5-7-13)20(22)23/h4-10H,3H2,1-2H3. The molecule has 0 spiro atoms. The highest BCUT2D eigenvalue weighted by Crippen LogP contribution is 2.23. The molecule has 1 aromatic carbocycles. The monoisotopic (exact) mass is 341 g/mol. The number of hydrogen-bond acceptors (Lipinski definition) is 6. The number of aryl methyl sites for hydroxylation is 1. The summed E-state index contributed by atoms with van der Waals surface area (Å²) in [5.74, 6) is 0.144. The van der Waals surface area contributed by atoms with Crippen molar-refractivity contribution in [2.45, 2.75) is 13.3 Å². The van der Waals surface area contributed by atoms with Crippen molar-refractivity contribution in [3.8, 4) is 11.6 Å². The van der Waals surface area contributed by atoms with Gasteiger partial charge in [-0.25, -0.2) is 4.79 Å². The number of ether oxygens (including phenoxy) is 2. The van der Waals surface area contributed by atoms with Gasteiger partial charge >= 0.3 is 5.97 Å². The van der Waals surface area contributed by atoms with Gasteiger partial charge in [0.15, 0.2) is 0 Å². The van der Waals surface area contributed by atoms with Crippen LogP contribution in [0.2, 0.25) is 0 Å². The summed E-state index contributed by atoms with van der Waals surface area (Å²) < 4.78 is 12.1. The maximum atomic E-state index is 12.5.